The Balaban J connectivity index is 2.65. The van der Waals surface area contributed by atoms with E-state index in [1.807, 2.05) is 6.92 Å². The average molecular weight is 228 g/mol. The van der Waals surface area contributed by atoms with Gasteiger partial charge in [-0.1, -0.05) is 24.6 Å². The molecule has 0 radical (unpaired) electrons. The molecule has 1 unspecified atom stereocenters. The molecule has 0 spiro atoms. The predicted molar refractivity (Wildman–Crippen MR) is 60.7 cm³/mol. The Morgan fingerprint density at radius 3 is 2.93 bits per heavy atom. The van der Waals surface area contributed by atoms with Gasteiger partial charge in [-0.05, 0) is 18.6 Å². The highest BCUT2D eigenvalue weighted by Crippen LogP contribution is 2.11. The van der Waals surface area contributed by atoms with Crippen molar-refractivity contribution in [1.82, 2.24) is 4.98 Å². The lowest BCUT2D eigenvalue weighted by molar-refractivity contribution is -0.119. The maximum atomic E-state index is 11.6. The minimum absolute atomic E-state index is 0.116. The predicted octanol–water partition coefficient (Wildman–Crippen LogP) is 1.66. The topological polar surface area (TPSA) is 68.0 Å². The Labute approximate surface area is 93.8 Å². The number of aromatic nitrogens is 1. The van der Waals surface area contributed by atoms with Crippen molar-refractivity contribution in [2.45, 2.75) is 13.3 Å². The molecule has 1 aromatic heterocycles. The zero-order valence-corrected chi connectivity index (χ0v) is 9.29. The number of nitrogens with one attached hydrogen (secondary N) is 1. The number of pyridine rings is 1. The Morgan fingerprint density at radius 2 is 2.40 bits per heavy atom. The number of hydrogen-bond acceptors (Lipinski definition) is 3. The second kappa shape index (κ2) is 5.68. The third kappa shape index (κ3) is 3.49. The molecule has 5 heteroatoms. The van der Waals surface area contributed by atoms with Crippen LogP contribution in [0.3, 0.4) is 0 Å². The first-order valence-electron chi connectivity index (χ1n) is 4.80. The second-order valence-corrected chi connectivity index (χ2v) is 3.56. The van der Waals surface area contributed by atoms with Gasteiger partial charge in [0.15, 0.2) is 0 Å². The van der Waals surface area contributed by atoms with E-state index in [1.54, 1.807) is 18.2 Å². The van der Waals surface area contributed by atoms with E-state index in [-0.39, 0.29) is 11.8 Å². The van der Waals surface area contributed by atoms with Crippen LogP contribution in [0.5, 0.6) is 0 Å². The minimum Gasteiger partial charge on any atom is -0.330 e. The summed E-state index contributed by atoms with van der Waals surface area (Å²) in [5.74, 6) is 0.167. The molecule has 4 nitrogen and oxygen atoms in total. The fraction of sp³-hybridized carbons (Fsp3) is 0.400. The van der Waals surface area contributed by atoms with Crippen LogP contribution in [0.1, 0.15) is 13.3 Å². The van der Waals surface area contributed by atoms with Crippen molar-refractivity contribution in [2.75, 3.05) is 11.9 Å². The Hall–Kier alpha value is -1.13. The molecule has 82 valence electrons. The van der Waals surface area contributed by atoms with Gasteiger partial charge in [-0.25, -0.2) is 4.98 Å². The summed E-state index contributed by atoms with van der Waals surface area (Å²) in [6, 6.07) is 5.07. The first-order chi connectivity index (χ1) is 7.17. The van der Waals surface area contributed by atoms with Crippen LogP contribution >= 0.6 is 11.6 Å². The number of halogens is 1. The van der Waals surface area contributed by atoms with Crippen LogP contribution < -0.4 is 11.1 Å². The van der Waals surface area contributed by atoms with Gasteiger partial charge in [-0.2, -0.15) is 0 Å². The number of rotatable bonds is 4. The molecule has 0 saturated carbocycles. The van der Waals surface area contributed by atoms with Gasteiger partial charge in [0.05, 0.1) is 5.92 Å². The van der Waals surface area contributed by atoms with Crippen LogP contribution in [0.15, 0.2) is 18.2 Å². The van der Waals surface area contributed by atoms with Gasteiger partial charge in [0, 0.05) is 6.54 Å². The zero-order valence-electron chi connectivity index (χ0n) is 8.53. The summed E-state index contributed by atoms with van der Waals surface area (Å²) >= 11 is 5.69. The summed E-state index contributed by atoms with van der Waals surface area (Å²) in [7, 11) is 0. The first kappa shape index (κ1) is 11.9. The highest BCUT2D eigenvalue weighted by molar-refractivity contribution is 6.29. The lowest BCUT2D eigenvalue weighted by Crippen LogP contribution is -2.28. The van der Waals surface area contributed by atoms with E-state index in [2.05, 4.69) is 10.3 Å². The normalized spacial score (nSPS) is 12.2. The van der Waals surface area contributed by atoms with Crippen molar-refractivity contribution in [2.24, 2.45) is 11.7 Å². The number of nitrogens with zero attached hydrogens (tertiary/aromatic N) is 1. The third-order valence-electron chi connectivity index (χ3n) is 2.11. The van der Waals surface area contributed by atoms with E-state index in [4.69, 9.17) is 17.3 Å². The van der Waals surface area contributed by atoms with Crippen molar-refractivity contribution >= 4 is 23.3 Å². The molecule has 1 aromatic rings. The molecule has 15 heavy (non-hydrogen) atoms. The van der Waals surface area contributed by atoms with E-state index < -0.39 is 0 Å². The van der Waals surface area contributed by atoms with E-state index >= 15 is 0 Å². The summed E-state index contributed by atoms with van der Waals surface area (Å²) in [5.41, 5.74) is 5.46. The highest BCUT2D eigenvalue weighted by Gasteiger charge is 2.14. The summed E-state index contributed by atoms with van der Waals surface area (Å²) in [4.78, 5) is 15.6. The van der Waals surface area contributed by atoms with E-state index in [0.29, 0.717) is 23.9 Å². The van der Waals surface area contributed by atoms with Crippen LogP contribution in [0, 0.1) is 5.92 Å². The van der Waals surface area contributed by atoms with Crippen molar-refractivity contribution < 1.29 is 4.79 Å². The zero-order chi connectivity index (χ0) is 11.3. The lowest BCUT2D eigenvalue weighted by atomic mass is 10.1. The molecule has 0 aromatic carbocycles. The number of carbonyl (C=O) groups excluding carboxylic acids is 1. The van der Waals surface area contributed by atoms with Gasteiger partial charge >= 0.3 is 0 Å². The fourth-order valence-electron chi connectivity index (χ4n) is 1.17. The maximum absolute atomic E-state index is 11.6. The molecule has 0 fully saturated rings. The van der Waals surface area contributed by atoms with E-state index in [0.717, 1.165) is 0 Å². The maximum Gasteiger partial charge on any atom is 0.229 e. The average Bonchev–Trinajstić information content (AvgIpc) is 2.19. The number of anilines is 1. The van der Waals surface area contributed by atoms with Crippen molar-refractivity contribution in [3.05, 3.63) is 23.4 Å². The van der Waals surface area contributed by atoms with Gasteiger partial charge in [0.25, 0.3) is 0 Å². The summed E-state index contributed by atoms with van der Waals surface area (Å²) in [6.07, 6.45) is 0.711. The lowest BCUT2D eigenvalue weighted by Gasteiger charge is -2.11. The molecule has 0 aliphatic rings. The first-order valence-corrected chi connectivity index (χ1v) is 5.18. The van der Waals surface area contributed by atoms with E-state index in [9.17, 15) is 4.79 Å². The standard InChI is InChI=1S/C10H14ClN3O/c1-2-7(6-12)10(15)14-9-5-3-4-8(11)13-9/h3-5,7H,2,6,12H2,1H3,(H,13,14,15). The van der Waals surface area contributed by atoms with Gasteiger partial charge in [0.1, 0.15) is 11.0 Å². The van der Waals surface area contributed by atoms with Gasteiger partial charge < -0.3 is 11.1 Å². The quantitative estimate of drug-likeness (QED) is 0.769. The highest BCUT2D eigenvalue weighted by atomic mass is 35.5. The Kier molecular flexibility index (Phi) is 4.52. The van der Waals surface area contributed by atoms with Crippen molar-refractivity contribution in [3.63, 3.8) is 0 Å². The smallest absolute Gasteiger partial charge is 0.229 e. The van der Waals surface area contributed by atoms with Gasteiger partial charge in [0.2, 0.25) is 5.91 Å². The van der Waals surface area contributed by atoms with Crippen LogP contribution in [0.4, 0.5) is 5.82 Å². The second-order valence-electron chi connectivity index (χ2n) is 3.18. The van der Waals surface area contributed by atoms with E-state index in [1.165, 1.54) is 0 Å². The van der Waals surface area contributed by atoms with Crippen LogP contribution in [0.2, 0.25) is 5.15 Å². The molecule has 0 aliphatic heterocycles. The SMILES string of the molecule is CCC(CN)C(=O)Nc1cccc(Cl)n1. The molecule has 0 bridgehead atoms. The summed E-state index contributed by atoms with van der Waals surface area (Å²) in [6.45, 7) is 2.26. The third-order valence-corrected chi connectivity index (χ3v) is 2.32. The number of amides is 1. The van der Waals surface area contributed by atoms with Crippen LogP contribution in [-0.4, -0.2) is 17.4 Å². The molecule has 1 atom stereocenters. The number of carbonyl (C=O) groups is 1. The molecule has 0 saturated heterocycles. The molecule has 1 heterocycles. The van der Waals surface area contributed by atoms with Crippen LogP contribution in [0.25, 0.3) is 0 Å². The number of nitrogens with two attached hydrogens (primary N) is 1. The summed E-state index contributed by atoms with van der Waals surface area (Å²) < 4.78 is 0. The number of hydrogen-bond donors (Lipinski definition) is 2. The fourth-order valence-corrected chi connectivity index (χ4v) is 1.33. The molecule has 3 N–H and O–H groups in total. The summed E-state index contributed by atoms with van der Waals surface area (Å²) in [5, 5.41) is 3.03. The largest absolute Gasteiger partial charge is 0.330 e. The minimum atomic E-state index is -0.175. The monoisotopic (exact) mass is 227 g/mol. The molecule has 1 amide bonds. The molecular weight excluding hydrogens is 214 g/mol. The molecule has 0 aliphatic carbocycles. The molecular formula is C10H14ClN3O. The van der Waals surface area contributed by atoms with Crippen LogP contribution in [-0.2, 0) is 4.79 Å². The van der Waals surface area contributed by atoms with Gasteiger partial charge in [-0.15, -0.1) is 0 Å². The van der Waals surface area contributed by atoms with Crippen molar-refractivity contribution in [3.8, 4) is 0 Å². The Bertz CT molecular complexity index is 339. The van der Waals surface area contributed by atoms with Gasteiger partial charge in [-0.3, -0.25) is 4.79 Å². The van der Waals surface area contributed by atoms with Crippen molar-refractivity contribution in [1.29, 1.82) is 0 Å². The molecule has 1 rings (SSSR count). The Morgan fingerprint density at radius 1 is 1.67 bits per heavy atom.